The largest absolute Gasteiger partial charge is 0.467 e. The van der Waals surface area contributed by atoms with Crippen LogP contribution in [0.3, 0.4) is 0 Å². The lowest BCUT2D eigenvalue weighted by atomic mass is 10.2. The third-order valence-electron chi connectivity index (χ3n) is 5.95. The van der Waals surface area contributed by atoms with Crippen molar-refractivity contribution < 1.29 is 9.21 Å². The van der Waals surface area contributed by atoms with Crippen molar-refractivity contribution in [3.63, 3.8) is 0 Å². The number of carbonyl (C=O) groups excluding carboxylic acids is 1. The van der Waals surface area contributed by atoms with Crippen LogP contribution in [0.1, 0.15) is 22.6 Å². The van der Waals surface area contributed by atoms with Crippen molar-refractivity contribution >= 4 is 17.4 Å². The minimum atomic E-state index is -0.108. The molecular weight excluding hydrogens is 390 g/mol. The zero-order valence-corrected chi connectivity index (χ0v) is 18.0. The average Bonchev–Trinajstić information content (AvgIpc) is 3.38. The second-order valence-electron chi connectivity index (χ2n) is 7.86. The smallest absolute Gasteiger partial charge is 0.239 e. The second kappa shape index (κ2) is 9.11. The first-order valence-electron chi connectivity index (χ1n) is 10.5. The summed E-state index contributed by atoms with van der Waals surface area (Å²) in [4.78, 5) is 17.4. The van der Waals surface area contributed by atoms with E-state index in [1.807, 2.05) is 48.7 Å². The summed E-state index contributed by atoms with van der Waals surface area (Å²) in [5.41, 5.74) is 3.54. The van der Waals surface area contributed by atoms with Gasteiger partial charge in [0.05, 0.1) is 24.9 Å². The molecular formula is C24H27N5O2. The molecule has 1 aliphatic rings. The number of rotatable bonds is 6. The summed E-state index contributed by atoms with van der Waals surface area (Å²) in [6, 6.07) is 16.3. The fourth-order valence-corrected chi connectivity index (χ4v) is 4.06. The van der Waals surface area contributed by atoms with E-state index >= 15 is 0 Å². The highest BCUT2D eigenvalue weighted by atomic mass is 16.3. The Bertz CT molecular complexity index is 1070. The van der Waals surface area contributed by atoms with Gasteiger partial charge in [-0.25, -0.2) is 0 Å². The van der Waals surface area contributed by atoms with Crippen LogP contribution in [0.25, 0.3) is 0 Å². The molecule has 3 heterocycles. The predicted molar refractivity (Wildman–Crippen MR) is 120 cm³/mol. The van der Waals surface area contributed by atoms with Crippen molar-refractivity contribution in [2.24, 2.45) is 0 Å². The van der Waals surface area contributed by atoms with E-state index in [0.717, 1.165) is 43.2 Å². The number of nitrogens with one attached hydrogen (secondary N) is 1. The first-order valence-corrected chi connectivity index (χ1v) is 10.5. The van der Waals surface area contributed by atoms with Gasteiger partial charge in [-0.1, -0.05) is 18.2 Å². The van der Waals surface area contributed by atoms with E-state index in [2.05, 4.69) is 33.3 Å². The average molecular weight is 418 g/mol. The van der Waals surface area contributed by atoms with Crippen molar-refractivity contribution in [2.75, 3.05) is 42.9 Å². The molecule has 1 saturated heterocycles. The normalized spacial score (nSPS) is 14.4. The summed E-state index contributed by atoms with van der Waals surface area (Å²) in [7, 11) is 0. The Hall–Kier alpha value is -3.50. The van der Waals surface area contributed by atoms with Gasteiger partial charge in [0.1, 0.15) is 17.6 Å². The van der Waals surface area contributed by atoms with Crippen LogP contribution in [0.5, 0.6) is 0 Å². The molecule has 0 atom stereocenters. The molecule has 0 radical (unpaired) electrons. The molecule has 1 amide bonds. The fraction of sp³-hybridized carbons (Fsp3) is 0.333. The number of para-hydroxylation sites is 1. The Kier molecular flexibility index (Phi) is 6.10. The Morgan fingerprint density at radius 3 is 2.48 bits per heavy atom. The number of furan rings is 1. The van der Waals surface area contributed by atoms with E-state index in [-0.39, 0.29) is 5.91 Å². The van der Waals surface area contributed by atoms with Crippen LogP contribution >= 0.6 is 0 Å². The number of hydrogen-bond donors (Lipinski definition) is 1. The van der Waals surface area contributed by atoms with E-state index in [0.29, 0.717) is 24.5 Å². The maximum absolute atomic E-state index is 12.9. The summed E-state index contributed by atoms with van der Waals surface area (Å²) >= 11 is 0. The number of nitrogens with zero attached hydrogens (tertiary/aromatic N) is 4. The number of anilines is 2. The van der Waals surface area contributed by atoms with Gasteiger partial charge in [-0.05, 0) is 43.7 Å². The molecule has 0 aliphatic carbocycles. The van der Waals surface area contributed by atoms with Crippen LogP contribution in [0.15, 0.2) is 53.1 Å². The Labute approximate surface area is 182 Å². The van der Waals surface area contributed by atoms with Crippen molar-refractivity contribution in [1.29, 1.82) is 5.26 Å². The molecule has 0 bridgehead atoms. The van der Waals surface area contributed by atoms with E-state index in [1.54, 1.807) is 6.26 Å². The zero-order chi connectivity index (χ0) is 21.8. The van der Waals surface area contributed by atoms with E-state index in [9.17, 15) is 10.1 Å². The Morgan fingerprint density at radius 1 is 1.10 bits per heavy atom. The number of aromatic nitrogens is 1. The lowest BCUT2D eigenvalue weighted by Crippen LogP contribution is -2.48. The van der Waals surface area contributed by atoms with Gasteiger partial charge in [0.15, 0.2) is 0 Å². The number of hydrogen-bond acceptors (Lipinski definition) is 5. The van der Waals surface area contributed by atoms with E-state index in [1.165, 1.54) is 5.69 Å². The number of carbonyl (C=O) groups is 1. The minimum absolute atomic E-state index is 0.108. The molecule has 7 nitrogen and oxygen atoms in total. The van der Waals surface area contributed by atoms with Gasteiger partial charge < -0.3 is 19.2 Å². The summed E-state index contributed by atoms with van der Waals surface area (Å²) in [5, 5.41) is 12.7. The summed E-state index contributed by atoms with van der Waals surface area (Å²) in [6.45, 7) is 8.03. The number of amides is 1. The lowest BCUT2D eigenvalue weighted by Gasteiger charge is -2.35. The zero-order valence-electron chi connectivity index (χ0n) is 18.0. The third kappa shape index (κ3) is 4.49. The van der Waals surface area contributed by atoms with Gasteiger partial charge in [0.25, 0.3) is 0 Å². The summed E-state index contributed by atoms with van der Waals surface area (Å²) in [6.07, 6.45) is 1.62. The minimum Gasteiger partial charge on any atom is -0.467 e. The molecule has 0 unspecified atom stereocenters. The first-order chi connectivity index (χ1) is 15.1. The highest BCUT2D eigenvalue weighted by molar-refractivity contribution is 5.93. The molecule has 0 spiro atoms. The molecule has 4 rings (SSSR count). The molecule has 31 heavy (non-hydrogen) atoms. The Balaban J connectivity index is 1.42. The molecule has 1 aromatic carbocycles. The number of piperazine rings is 1. The molecule has 160 valence electrons. The second-order valence-corrected chi connectivity index (χ2v) is 7.86. The molecule has 1 N–H and O–H groups in total. The number of nitriles is 1. The third-order valence-corrected chi connectivity index (χ3v) is 5.95. The first kappa shape index (κ1) is 20.8. The van der Waals surface area contributed by atoms with Crippen LogP contribution in [0.4, 0.5) is 11.5 Å². The maximum atomic E-state index is 12.9. The predicted octanol–water partition coefficient (Wildman–Crippen LogP) is 3.38. The summed E-state index contributed by atoms with van der Waals surface area (Å²) in [5.74, 6) is 1.21. The van der Waals surface area contributed by atoms with Crippen molar-refractivity contribution in [2.45, 2.75) is 20.4 Å². The topological polar surface area (TPSA) is 77.4 Å². The molecule has 7 heteroatoms. The van der Waals surface area contributed by atoms with Gasteiger partial charge in [-0.15, -0.1) is 0 Å². The standard InChI is InChI=1S/C24H27N5O2/c1-18-19(2)29(16-21-9-6-14-31-21)24(22(18)15-25)26-23(30)17-27-10-12-28(13-11-27)20-7-4-3-5-8-20/h3-9,14H,10-13,16-17H2,1-2H3,(H,26,30). The molecule has 0 saturated carbocycles. The van der Waals surface area contributed by atoms with Gasteiger partial charge in [-0.3, -0.25) is 9.69 Å². The van der Waals surface area contributed by atoms with Crippen LogP contribution in [-0.4, -0.2) is 48.1 Å². The van der Waals surface area contributed by atoms with Gasteiger partial charge in [0.2, 0.25) is 5.91 Å². The SMILES string of the molecule is Cc1c(C#N)c(NC(=O)CN2CCN(c3ccccc3)CC2)n(Cc2ccco2)c1C. The van der Waals surface area contributed by atoms with Gasteiger partial charge in [-0.2, -0.15) is 5.26 Å². The van der Waals surface area contributed by atoms with Crippen LogP contribution < -0.4 is 10.2 Å². The molecule has 1 fully saturated rings. The highest BCUT2D eigenvalue weighted by Crippen LogP contribution is 2.27. The van der Waals surface area contributed by atoms with Gasteiger partial charge in [0, 0.05) is 37.6 Å². The lowest BCUT2D eigenvalue weighted by molar-refractivity contribution is -0.117. The quantitative estimate of drug-likeness (QED) is 0.665. The van der Waals surface area contributed by atoms with E-state index < -0.39 is 0 Å². The maximum Gasteiger partial charge on any atom is 0.239 e. The fourth-order valence-electron chi connectivity index (χ4n) is 4.06. The van der Waals surface area contributed by atoms with E-state index in [4.69, 9.17) is 4.42 Å². The Morgan fingerprint density at radius 2 is 1.84 bits per heavy atom. The van der Waals surface area contributed by atoms with Crippen molar-refractivity contribution in [3.8, 4) is 6.07 Å². The van der Waals surface area contributed by atoms with Crippen molar-refractivity contribution in [1.82, 2.24) is 9.47 Å². The molecule has 3 aromatic rings. The highest BCUT2D eigenvalue weighted by Gasteiger charge is 2.23. The van der Waals surface area contributed by atoms with Gasteiger partial charge >= 0.3 is 0 Å². The number of benzene rings is 1. The van der Waals surface area contributed by atoms with Crippen molar-refractivity contribution in [3.05, 3.63) is 71.3 Å². The van der Waals surface area contributed by atoms with Crippen LogP contribution in [0, 0.1) is 25.2 Å². The molecule has 2 aromatic heterocycles. The summed E-state index contributed by atoms with van der Waals surface area (Å²) < 4.78 is 7.42. The van der Waals surface area contributed by atoms with Crippen LogP contribution in [0.2, 0.25) is 0 Å². The monoisotopic (exact) mass is 417 g/mol. The van der Waals surface area contributed by atoms with Crippen LogP contribution in [-0.2, 0) is 11.3 Å². The molecule has 1 aliphatic heterocycles.